The average Bonchev–Trinajstić information content (AvgIpc) is 2.94. The molecule has 0 aromatic carbocycles. The molecule has 7 nitrogen and oxygen atoms in total. The summed E-state index contributed by atoms with van der Waals surface area (Å²) in [6.45, 7) is 3.96. The quantitative estimate of drug-likeness (QED) is 0.874. The molecule has 0 aliphatic carbocycles. The van der Waals surface area contributed by atoms with Crippen LogP contribution in [0, 0.1) is 13.8 Å². The van der Waals surface area contributed by atoms with Crippen molar-refractivity contribution < 1.29 is 14.7 Å². The van der Waals surface area contributed by atoms with E-state index in [4.69, 9.17) is 5.11 Å². The standard InChI is InChI=1S/C12H14N4O3S/c1-7-8(2)20-12(14-7)15-11(19)9-3-5-13-16(9)6-4-10(17)18/h3,5H,4,6H2,1-2H3,(H,17,18)(H,14,15,19). The number of rotatable bonds is 5. The van der Waals surface area contributed by atoms with E-state index < -0.39 is 5.97 Å². The van der Waals surface area contributed by atoms with Gasteiger partial charge in [0, 0.05) is 11.1 Å². The van der Waals surface area contributed by atoms with Crippen LogP contribution < -0.4 is 5.32 Å². The third-order valence-corrected chi connectivity index (χ3v) is 3.72. The third kappa shape index (κ3) is 3.21. The van der Waals surface area contributed by atoms with Gasteiger partial charge in [0.15, 0.2) is 5.13 Å². The zero-order valence-corrected chi connectivity index (χ0v) is 11.9. The first-order valence-electron chi connectivity index (χ1n) is 5.96. The molecule has 106 valence electrons. The van der Waals surface area contributed by atoms with Crippen molar-refractivity contribution in [2.75, 3.05) is 5.32 Å². The fraction of sp³-hybridized carbons (Fsp3) is 0.333. The van der Waals surface area contributed by atoms with Crippen LogP contribution in [-0.2, 0) is 11.3 Å². The normalized spacial score (nSPS) is 10.5. The Balaban J connectivity index is 2.09. The Morgan fingerprint density at radius 3 is 2.80 bits per heavy atom. The maximum Gasteiger partial charge on any atom is 0.305 e. The zero-order chi connectivity index (χ0) is 14.7. The molecule has 0 bridgehead atoms. The summed E-state index contributed by atoms with van der Waals surface area (Å²) >= 11 is 1.40. The van der Waals surface area contributed by atoms with E-state index in [0.29, 0.717) is 10.8 Å². The first-order chi connectivity index (χ1) is 9.47. The monoisotopic (exact) mass is 294 g/mol. The van der Waals surface area contributed by atoms with Crippen molar-refractivity contribution >= 4 is 28.3 Å². The van der Waals surface area contributed by atoms with Crippen LogP contribution >= 0.6 is 11.3 Å². The summed E-state index contributed by atoms with van der Waals surface area (Å²) < 4.78 is 1.37. The van der Waals surface area contributed by atoms with Crippen LogP contribution in [0.5, 0.6) is 0 Å². The Labute approximate surface area is 119 Å². The second-order valence-electron chi connectivity index (χ2n) is 4.20. The molecule has 0 radical (unpaired) electrons. The Morgan fingerprint density at radius 1 is 1.45 bits per heavy atom. The van der Waals surface area contributed by atoms with Crippen molar-refractivity contribution in [3.05, 3.63) is 28.5 Å². The van der Waals surface area contributed by atoms with Crippen molar-refractivity contribution in [2.24, 2.45) is 0 Å². The number of anilines is 1. The minimum absolute atomic E-state index is 0.0859. The molecule has 0 saturated heterocycles. The number of amides is 1. The fourth-order valence-corrected chi connectivity index (χ4v) is 2.40. The van der Waals surface area contributed by atoms with E-state index in [1.807, 2.05) is 13.8 Å². The summed E-state index contributed by atoms with van der Waals surface area (Å²) in [5, 5.41) is 15.8. The number of nitrogens with one attached hydrogen (secondary N) is 1. The molecule has 0 aliphatic heterocycles. The first kappa shape index (κ1) is 14.2. The molecule has 8 heteroatoms. The lowest BCUT2D eigenvalue weighted by atomic mass is 10.3. The van der Waals surface area contributed by atoms with Crippen molar-refractivity contribution in [3.8, 4) is 0 Å². The van der Waals surface area contributed by atoms with Gasteiger partial charge in [-0.1, -0.05) is 0 Å². The molecule has 0 aliphatic rings. The van der Waals surface area contributed by atoms with Crippen molar-refractivity contribution in [1.82, 2.24) is 14.8 Å². The van der Waals surface area contributed by atoms with E-state index in [-0.39, 0.29) is 18.9 Å². The van der Waals surface area contributed by atoms with Gasteiger partial charge in [-0.05, 0) is 19.9 Å². The average molecular weight is 294 g/mol. The highest BCUT2D eigenvalue weighted by Gasteiger charge is 2.15. The topological polar surface area (TPSA) is 97.1 Å². The molecule has 2 rings (SSSR count). The Bertz CT molecular complexity index is 627. The Kier molecular flexibility index (Phi) is 4.14. The predicted molar refractivity (Wildman–Crippen MR) is 74.0 cm³/mol. The molecule has 2 heterocycles. The number of carboxylic acid groups (broad SMARTS) is 1. The van der Waals surface area contributed by atoms with Gasteiger partial charge in [-0.3, -0.25) is 19.6 Å². The number of hydrogen-bond acceptors (Lipinski definition) is 5. The van der Waals surface area contributed by atoms with E-state index in [1.165, 1.54) is 22.2 Å². The van der Waals surface area contributed by atoms with Crippen LogP contribution in [0.25, 0.3) is 0 Å². The largest absolute Gasteiger partial charge is 0.481 e. The van der Waals surface area contributed by atoms with E-state index in [9.17, 15) is 9.59 Å². The van der Waals surface area contributed by atoms with Gasteiger partial charge in [0.2, 0.25) is 0 Å². The Hall–Kier alpha value is -2.22. The van der Waals surface area contributed by atoms with Gasteiger partial charge in [-0.25, -0.2) is 4.98 Å². The number of thiazole rings is 1. The van der Waals surface area contributed by atoms with Gasteiger partial charge in [0.25, 0.3) is 5.91 Å². The lowest BCUT2D eigenvalue weighted by Crippen LogP contribution is -2.18. The molecule has 0 spiro atoms. The van der Waals surface area contributed by atoms with Crippen molar-refractivity contribution in [2.45, 2.75) is 26.8 Å². The first-order valence-corrected chi connectivity index (χ1v) is 6.78. The van der Waals surface area contributed by atoms with Gasteiger partial charge in [-0.15, -0.1) is 11.3 Å². The lowest BCUT2D eigenvalue weighted by Gasteiger charge is -2.05. The molecule has 2 aromatic rings. The lowest BCUT2D eigenvalue weighted by molar-refractivity contribution is -0.137. The maximum atomic E-state index is 12.1. The summed E-state index contributed by atoms with van der Waals surface area (Å²) in [6, 6.07) is 1.55. The number of carboxylic acids is 1. The number of aryl methyl sites for hydroxylation is 3. The van der Waals surface area contributed by atoms with Crippen LogP contribution in [0.4, 0.5) is 5.13 Å². The summed E-state index contributed by atoms with van der Waals surface area (Å²) in [6.07, 6.45) is 1.38. The minimum Gasteiger partial charge on any atom is -0.481 e. The van der Waals surface area contributed by atoms with Crippen LogP contribution in [0.3, 0.4) is 0 Å². The molecule has 0 atom stereocenters. The highest BCUT2D eigenvalue weighted by Crippen LogP contribution is 2.21. The number of aromatic nitrogens is 3. The van der Waals surface area contributed by atoms with Crippen LogP contribution in [0.15, 0.2) is 12.3 Å². The van der Waals surface area contributed by atoms with E-state index in [2.05, 4.69) is 15.4 Å². The van der Waals surface area contributed by atoms with Gasteiger partial charge in [-0.2, -0.15) is 5.10 Å². The van der Waals surface area contributed by atoms with E-state index >= 15 is 0 Å². The third-order valence-electron chi connectivity index (χ3n) is 2.74. The van der Waals surface area contributed by atoms with Gasteiger partial charge >= 0.3 is 5.97 Å². The number of carbonyl (C=O) groups is 2. The molecular formula is C12H14N4O3S. The summed E-state index contributed by atoms with van der Waals surface area (Å²) in [5.41, 5.74) is 1.20. The zero-order valence-electron chi connectivity index (χ0n) is 11.1. The van der Waals surface area contributed by atoms with Gasteiger partial charge in [0.1, 0.15) is 5.69 Å². The predicted octanol–water partition coefficient (Wildman–Crippen LogP) is 1.68. The summed E-state index contributed by atoms with van der Waals surface area (Å²) in [5.74, 6) is -1.28. The molecule has 0 saturated carbocycles. The SMILES string of the molecule is Cc1nc(NC(=O)c2ccnn2CCC(=O)O)sc1C. The van der Waals surface area contributed by atoms with Gasteiger partial charge < -0.3 is 5.11 Å². The van der Waals surface area contributed by atoms with E-state index in [1.54, 1.807) is 6.07 Å². The number of nitrogens with zero attached hydrogens (tertiary/aromatic N) is 3. The summed E-state index contributed by atoms with van der Waals surface area (Å²) in [7, 11) is 0. The molecule has 2 N–H and O–H groups in total. The molecule has 20 heavy (non-hydrogen) atoms. The molecule has 0 fully saturated rings. The smallest absolute Gasteiger partial charge is 0.305 e. The maximum absolute atomic E-state index is 12.1. The second kappa shape index (κ2) is 5.83. The highest BCUT2D eigenvalue weighted by atomic mass is 32.1. The van der Waals surface area contributed by atoms with Crippen molar-refractivity contribution in [3.63, 3.8) is 0 Å². The molecule has 0 unspecified atom stereocenters. The summed E-state index contributed by atoms with van der Waals surface area (Å²) in [4.78, 5) is 27.9. The van der Waals surface area contributed by atoms with Crippen molar-refractivity contribution in [1.29, 1.82) is 0 Å². The van der Waals surface area contributed by atoms with Crippen LogP contribution in [0.2, 0.25) is 0 Å². The molecule has 2 aromatic heterocycles. The fourth-order valence-electron chi connectivity index (χ4n) is 1.59. The Morgan fingerprint density at radius 2 is 2.20 bits per heavy atom. The number of aliphatic carboxylic acids is 1. The van der Waals surface area contributed by atoms with Gasteiger partial charge in [0.05, 0.1) is 18.7 Å². The van der Waals surface area contributed by atoms with E-state index in [0.717, 1.165) is 10.6 Å². The minimum atomic E-state index is -0.932. The highest BCUT2D eigenvalue weighted by molar-refractivity contribution is 7.15. The van der Waals surface area contributed by atoms with Crippen LogP contribution in [-0.4, -0.2) is 31.7 Å². The molecule has 1 amide bonds. The second-order valence-corrected chi connectivity index (χ2v) is 5.40. The number of carbonyl (C=O) groups excluding carboxylic acids is 1. The number of hydrogen-bond donors (Lipinski definition) is 2. The van der Waals surface area contributed by atoms with Crippen LogP contribution in [0.1, 0.15) is 27.5 Å². The molecular weight excluding hydrogens is 280 g/mol.